The van der Waals surface area contributed by atoms with Gasteiger partial charge in [-0.1, -0.05) is 6.92 Å². The number of aryl methyl sites for hydroxylation is 1. The number of hydrogen-bond acceptors (Lipinski definition) is 2. The van der Waals surface area contributed by atoms with Gasteiger partial charge < -0.3 is 5.32 Å². The van der Waals surface area contributed by atoms with Crippen molar-refractivity contribution in [3.05, 3.63) is 16.4 Å². The first kappa shape index (κ1) is 15.9. The Bertz CT molecular complexity index is 418. The molecule has 2 rings (SSSR count). The van der Waals surface area contributed by atoms with Gasteiger partial charge >= 0.3 is 0 Å². The highest BCUT2D eigenvalue weighted by Crippen LogP contribution is 2.42. The first-order valence-electron chi connectivity index (χ1n) is 7.23. The molecule has 1 heterocycles. The summed E-state index contributed by atoms with van der Waals surface area (Å²) < 4.78 is 29.5. The highest BCUT2D eigenvalue weighted by atomic mass is 79.9. The van der Waals surface area contributed by atoms with Crippen molar-refractivity contribution in [1.29, 1.82) is 0 Å². The second kappa shape index (κ2) is 6.52. The molecule has 0 bridgehead atoms. The summed E-state index contributed by atoms with van der Waals surface area (Å²) >= 11 is 3.53. The van der Waals surface area contributed by atoms with Gasteiger partial charge in [0.05, 0.1) is 22.4 Å². The highest BCUT2D eigenvalue weighted by Gasteiger charge is 2.39. The Labute approximate surface area is 127 Å². The first-order valence-corrected chi connectivity index (χ1v) is 8.02. The summed E-state index contributed by atoms with van der Waals surface area (Å²) in [6, 6.07) is 0.0907. The average molecular weight is 350 g/mol. The Morgan fingerprint density at radius 1 is 1.50 bits per heavy atom. The van der Waals surface area contributed by atoms with Crippen LogP contribution in [0.5, 0.6) is 0 Å². The van der Waals surface area contributed by atoms with Crippen molar-refractivity contribution in [3.63, 3.8) is 0 Å². The van der Waals surface area contributed by atoms with Crippen molar-refractivity contribution < 1.29 is 8.78 Å². The molecule has 1 aliphatic rings. The summed E-state index contributed by atoms with van der Waals surface area (Å²) in [4.78, 5) is 0. The maximum Gasteiger partial charge on any atom is 0.248 e. The molecule has 1 unspecified atom stereocenters. The van der Waals surface area contributed by atoms with Gasteiger partial charge in [-0.25, -0.2) is 8.78 Å². The van der Waals surface area contributed by atoms with E-state index in [0.29, 0.717) is 12.8 Å². The van der Waals surface area contributed by atoms with E-state index in [-0.39, 0.29) is 24.8 Å². The maximum atomic E-state index is 13.3. The van der Waals surface area contributed by atoms with Crippen molar-refractivity contribution in [2.75, 3.05) is 6.54 Å². The third-order valence-electron chi connectivity index (χ3n) is 4.08. The number of rotatable bonds is 5. The minimum atomic E-state index is -2.48. The number of nitrogens with one attached hydrogen (secondary N) is 1. The lowest BCUT2D eigenvalue weighted by Gasteiger charge is -2.34. The smallest absolute Gasteiger partial charge is 0.248 e. The molecule has 6 heteroatoms. The van der Waals surface area contributed by atoms with Crippen LogP contribution in [-0.2, 0) is 7.05 Å². The molecule has 1 N–H and O–H groups in total. The lowest BCUT2D eigenvalue weighted by atomic mass is 9.81. The second-order valence-electron chi connectivity index (χ2n) is 5.63. The van der Waals surface area contributed by atoms with Crippen molar-refractivity contribution in [1.82, 2.24) is 15.1 Å². The van der Waals surface area contributed by atoms with Crippen molar-refractivity contribution in [3.8, 4) is 0 Å². The average Bonchev–Trinajstić information content (AvgIpc) is 2.72. The second-order valence-corrected chi connectivity index (χ2v) is 6.48. The largest absolute Gasteiger partial charge is 0.308 e. The van der Waals surface area contributed by atoms with Gasteiger partial charge in [-0.2, -0.15) is 5.10 Å². The number of nitrogens with zero attached hydrogens (tertiary/aromatic N) is 2. The zero-order valence-electron chi connectivity index (χ0n) is 12.0. The standard InChI is InChI=1S/C14H22BrF2N3/c1-3-8-18-12(13-11(15)9-19-20(13)2)10-4-6-14(16,17)7-5-10/h9-10,12,18H,3-8H2,1-2H3. The van der Waals surface area contributed by atoms with Gasteiger partial charge in [-0.3, -0.25) is 4.68 Å². The van der Waals surface area contributed by atoms with Gasteiger partial charge in [0.25, 0.3) is 0 Å². The van der Waals surface area contributed by atoms with E-state index in [1.807, 2.05) is 11.7 Å². The molecule has 114 valence electrons. The third kappa shape index (κ3) is 3.58. The number of alkyl halides is 2. The van der Waals surface area contributed by atoms with Crippen LogP contribution in [0.4, 0.5) is 8.78 Å². The third-order valence-corrected chi connectivity index (χ3v) is 4.69. The lowest BCUT2D eigenvalue weighted by molar-refractivity contribution is -0.0500. The molecule has 1 saturated carbocycles. The summed E-state index contributed by atoms with van der Waals surface area (Å²) in [6.07, 6.45) is 3.91. The van der Waals surface area contributed by atoms with Crippen LogP contribution in [0, 0.1) is 5.92 Å². The number of halogens is 3. The molecule has 1 aliphatic carbocycles. The van der Waals surface area contributed by atoms with E-state index in [1.165, 1.54) is 0 Å². The van der Waals surface area contributed by atoms with E-state index >= 15 is 0 Å². The number of hydrogen-bond donors (Lipinski definition) is 1. The molecule has 0 amide bonds. The van der Waals surface area contributed by atoms with Crippen LogP contribution in [0.15, 0.2) is 10.7 Å². The molecule has 1 aromatic rings. The molecule has 0 radical (unpaired) electrons. The van der Waals surface area contributed by atoms with Gasteiger partial charge in [0.15, 0.2) is 0 Å². The number of aromatic nitrogens is 2. The van der Waals surface area contributed by atoms with Crippen LogP contribution < -0.4 is 5.32 Å². The van der Waals surface area contributed by atoms with Crippen LogP contribution in [0.3, 0.4) is 0 Å². The lowest BCUT2D eigenvalue weighted by Crippen LogP contribution is -2.35. The van der Waals surface area contributed by atoms with Crippen molar-refractivity contribution in [2.24, 2.45) is 13.0 Å². The normalized spacial score (nSPS) is 21.1. The summed E-state index contributed by atoms with van der Waals surface area (Å²) in [6.45, 7) is 2.99. The molecule has 0 aromatic carbocycles. The van der Waals surface area contributed by atoms with Crippen LogP contribution in [0.1, 0.15) is 50.8 Å². The molecular formula is C14H22BrF2N3. The molecule has 0 saturated heterocycles. The van der Waals surface area contributed by atoms with E-state index in [1.54, 1.807) is 6.20 Å². The van der Waals surface area contributed by atoms with Gasteiger partial charge in [-0.05, 0) is 47.7 Å². The minimum Gasteiger partial charge on any atom is -0.308 e. The van der Waals surface area contributed by atoms with Crippen molar-refractivity contribution in [2.45, 2.75) is 51.0 Å². The van der Waals surface area contributed by atoms with Gasteiger partial charge in [0.1, 0.15) is 0 Å². The Morgan fingerprint density at radius 2 is 2.15 bits per heavy atom. The molecule has 1 atom stereocenters. The minimum absolute atomic E-state index is 0.00254. The van der Waals surface area contributed by atoms with Crippen LogP contribution >= 0.6 is 15.9 Å². The van der Waals surface area contributed by atoms with Gasteiger partial charge in [0, 0.05) is 19.9 Å². The fraction of sp³-hybridized carbons (Fsp3) is 0.786. The first-order chi connectivity index (χ1) is 9.44. The van der Waals surface area contributed by atoms with Crippen LogP contribution in [0.25, 0.3) is 0 Å². The fourth-order valence-electron chi connectivity index (χ4n) is 2.95. The van der Waals surface area contributed by atoms with E-state index in [4.69, 9.17) is 0 Å². The summed E-state index contributed by atoms with van der Waals surface area (Å²) in [5, 5.41) is 7.77. The molecule has 3 nitrogen and oxygen atoms in total. The van der Waals surface area contributed by atoms with Gasteiger partial charge in [-0.15, -0.1) is 0 Å². The molecule has 20 heavy (non-hydrogen) atoms. The summed E-state index contributed by atoms with van der Waals surface area (Å²) in [5.74, 6) is -2.23. The Morgan fingerprint density at radius 3 is 2.65 bits per heavy atom. The molecule has 1 fully saturated rings. The van der Waals surface area contributed by atoms with Crippen LogP contribution in [-0.4, -0.2) is 22.2 Å². The summed E-state index contributed by atoms with van der Waals surface area (Å²) in [7, 11) is 1.90. The fourth-order valence-corrected chi connectivity index (χ4v) is 3.55. The van der Waals surface area contributed by atoms with E-state index < -0.39 is 5.92 Å². The van der Waals surface area contributed by atoms with Crippen molar-refractivity contribution >= 4 is 15.9 Å². The predicted octanol–water partition coefficient (Wildman–Crippen LogP) is 4.05. The van der Waals surface area contributed by atoms with E-state index in [2.05, 4.69) is 33.3 Å². The SMILES string of the molecule is CCCNC(c1c(Br)cnn1C)C1CCC(F)(F)CC1. The quantitative estimate of drug-likeness (QED) is 0.868. The predicted molar refractivity (Wildman–Crippen MR) is 78.8 cm³/mol. The Hall–Kier alpha value is -0.490. The molecule has 0 aliphatic heterocycles. The Balaban J connectivity index is 2.16. The van der Waals surface area contributed by atoms with E-state index in [0.717, 1.165) is 23.1 Å². The summed E-state index contributed by atoms with van der Waals surface area (Å²) in [5.41, 5.74) is 1.06. The maximum absolute atomic E-state index is 13.3. The molecule has 1 aromatic heterocycles. The van der Waals surface area contributed by atoms with Gasteiger partial charge in [0.2, 0.25) is 5.92 Å². The Kier molecular flexibility index (Phi) is 5.18. The highest BCUT2D eigenvalue weighted by molar-refractivity contribution is 9.10. The van der Waals surface area contributed by atoms with Crippen LogP contribution in [0.2, 0.25) is 0 Å². The zero-order chi connectivity index (χ0) is 14.8. The monoisotopic (exact) mass is 349 g/mol. The van der Waals surface area contributed by atoms with E-state index in [9.17, 15) is 8.78 Å². The zero-order valence-corrected chi connectivity index (χ0v) is 13.6. The topological polar surface area (TPSA) is 29.9 Å². The molecular weight excluding hydrogens is 328 g/mol. The molecule has 0 spiro atoms.